The minimum Gasteiger partial charge on any atom is -0.491 e. The standard InChI is InChI=1S/C17H14N2O.2C16H13N3O.C8H9Cl2NO/c18-13-8-10-14(11-9-13)19-17(20)16-7-3-5-12-4-1-2-6-15(12)16;17-12-6-8-13(9-7-12)18-16(20)15-10-5-11-3-1-2-4-14(11)19-15;17-12-5-7-13(8-6-12)19-16(20)15-14-4-2-1-3-11(14)9-10-18-15;1-2-12-8-6(9)3-5(11)4-7(8)10/h1-11H,18H2,(H,19,20);1-10H,17H2,(H,18,20);1-10H,17H2,(H,19,20);3-4H,2,11H2,1H3. The maximum absolute atomic E-state index is 12.4. The summed E-state index contributed by atoms with van der Waals surface area (Å²) in [5.74, 6) is -0.0892. The van der Waals surface area contributed by atoms with Crippen LogP contribution in [0.15, 0.2) is 200 Å². The van der Waals surface area contributed by atoms with Gasteiger partial charge in [-0.05, 0) is 132 Å². The smallest absolute Gasteiger partial charge is 0.274 e. The Morgan fingerprint density at radius 2 is 0.958 bits per heavy atom. The molecule has 10 aromatic rings. The molecule has 360 valence electrons. The third kappa shape index (κ3) is 13.8. The fourth-order valence-corrected chi connectivity index (χ4v) is 7.67. The fourth-order valence-electron chi connectivity index (χ4n) is 7.06. The summed E-state index contributed by atoms with van der Waals surface area (Å²) < 4.78 is 5.20. The van der Waals surface area contributed by atoms with E-state index in [2.05, 4.69) is 25.9 Å². The van der Waals surface area contributed by atoms with Gasteiger partial charge in [-0.15, -0.1) is 0 Å². The van der Waals surface area contributed by atoms with E-state index >= 15 is 0 Å². The molecule has 0 atom stereocenters. The molecule has 72 heavy (non-hydrogen) atoms. The molecule has 0 aliphatic heterocycles. The normalized spacial score (nSPS) is 10.3. The summed E-state index contributed by atoms with van der Waals surface area (Å²) in [6.45, 7) is 2.40. The molecule has 0 saturated heterocycles. The van der Waals surface area contributed by atoms with Crippen molar-refractivity contribution in [2.75, 3.05) is 45.5 Å². The lowest BCUT2D eigenvalue weighted by Crippen LogP contribution is -2.14. The summed E-state index contributed by atoms with van der Waals surface area (Å²) in [6.07, 6.45) is 1.64. The molecule has 8 aromatic carbocycles. The predicted molar refractivity (Wildman–Crippen MR) is 296 cm³/mol. The number of anilines is 7. The second kappa shape index (κ2) is 24.4. The van der Waals surface area contributed by atoms with Gasteiger partial charge >= 0.3 is 0 Å². The van der Waals surface area contributed by atoms with Crippen molar-refractivity contribution in [1.29, 1.82) is 0 Å². The summed E-state index contributed by atoms with van der Waals surface area (Å²) in [6, 6.07) is 58.7. The number of ether oxygens (including phenoxy) is 1. The van der Waals surface area contributed by atoms with Gasteiger partial charge in [-0.3, -0.25) is 19.4 Å². The Labute approximate surface area is 425 Å². The van der Waals surface area contributed by atoms with Gasteiger partial charge in [-0.2, -0.15) is 0 Å². The van der Waals surface area contributed by atoms with E-state index in [9.17, 15) is 14.4 Å². The van der Waals surface area contributed by atoms with E-state index in [1.165, 1.54) is 0 Å². The number of hydrogen-bond donors (Lipinski definition) is 7. The van der Waals surface area contributed by atoms with E-state index in [-0.39, 0.29) is 17.7 Å². The zero-order valence-corrected chi connectivity index (χ0v) is 40.4. The molecular formula is C57H49Cl2N9O4. The van der Waals surface area contributed by atoms with Crippen molar-refractivity contribution in [2.45, 2.75) is 6.92 Å². The van der Waals surface area contributed by atoms with Gasteiger partial charge in [0.25, 0.3) is 17.7 Å². The van der Waals surface area contributed by atoms with Crippen LogP contribution in [-0.2, 0) is 0 Å². The van der Waals surface area contributed by atoms with Crippen LogP contribution >= 0.6 is 23.2 Å². The molecule has 0 bridgehead atoms. The van der Waals surface area contributed by atoms with Crippen molar-refractivity contribution < 1.29 is 19.1 Å². The van der Waals surface area contributed by atoms with Crippen LogP contribution in [0.25, 0.3) is 32.4 Å². The highest BCUT2D eigenvalue weighted by Gasteiger charge is 2.13. The number of nitrogens with one attached hydrogen (secondary N) is 3. The first-order chi connectivity index (χ1) is 34.8. The minimum absolute atomic E-state index is 0.119. The molecule has 2 aromatic heterocycles. The molecule has 3 amide bonds. The molecule has 0 aliphatic carbocycles. The molecule has 10 rings (SSSR count). The number of carbonyl (C=O) groups is 3. The van der Waals surface area contributed by atoms with E-state index in [0.29, 0.717) is 73.5 Å². The van der Waals surface area contributed by atoms with Crippen LogP contribution in [0.1, 0.15) is 38.3 Å². The van der Waals surface area contributed by atoms with E-state index in [0.717, 1.165) is 38.1 Å². The van der Waals surface area contributed by atoms with E-state index in [1.807, 2.05) is 110 Å². The Morgan fingerprint density at radius 3 is 1.53 bits per heavy atom. The third-order valence-corrected chi connectivity index (χ3v) is 11.1. The Bertz CT molecular complexity index is 3310. The molecular weight excluding hydrogens is 946 g/mol. The molecule has 0 aliphatic rings. The summed E-state index contributed by atoms with van der Waals surface area (Å²) >= 11 is 11.6. The Morgan fingerprint density at radius 1 is 0.486 bits per heavy atom. The molecule has 0 saturated carbocycles. The van der Waals surface area contributed by atoms with Gasteiger partial charge in [-0.1, -0.05) is 108 Å². The molecule has 0 unspecified atom stereocenters. The first-order valence-corrected chi connectivity index (χ1v) is 23.2. The number of nitrogens with zero attached hydrogens (tertiary/aromatic N) is 2. The molecule has 0 radical (unpaired) electrons. The first kappa shape index (κ1) is 50.7. The molecule has 11 N–H and O–H groups in total. The number of carbonyl (C=O) groups excluding carboxylic acids is 3. The fraction of sp³-hybridized carbons (Fsp3) is 0.0351. The zero-order valence-electron chi connectivity index (χ0n) is 38.9. The van der Waals surface area contributed by atoms with Crippen LogP contribution in [0.5, 0.6) is 5.75 Å². The van der Waals surface area contributed by atoms with Crippen LogP contribution in [0.3, 0.4) is 0 Å². The van der Waals surface area contributed by atoms with Gasteiger partial charge in [-0.25, -0.2) is 4.98 Å². The highest BCUT2D eigenvalue weighted by molar-refractivity contribution is 6.37. The largest absolute Gasteiger partial charge is 0.491 e. The molecule has 13 nitrogen and oxygen atoms in total. The maximum Gasteiger partial charge on any atom is 0.274 e. The van der Waals surface area contributed by atoms with Crippen molar-refractivity contribution in [3.05, 3.63) is 227 Å². The zero-order chi connectivity index (χ0) is 51.0. The number of benzene rings is 8. The summed E-state index contributed by atoms with van der Waals surface area (Å²) in [5, 5.41) is 14.2. The van der Waals surface area contributed by atoms with Crippen molar-refractivity contribution in [2.24, 2.45) is 0 Å². The van der Waals surface area contributed by atoms with Gasteiger partial charge in [0.15, 0.2) is 5.75 Å². The van der Waals surface area contributed by atoms with E-state index < -0.39 is 0 Å². The van der Waals surface area contributed by atoms with Crippen molar-refractivity contribution in [3.8, 4) is 5.75 Å². The quantitative estimate of drug-likeness (QED) is 0.0713. The summed E-state index contributed by atoms with van der Waals surface area (Å²) in [7, 11) is 0. The van der Waals surface area contributed by atoms with Crippen LogP contribution in [-0.4, -0.2) is 34.3 Å². The third-order valence-electron chi connectivity index (χ3n) is 10.6. The maximum atomic E-state index is 12.4. The number of aromatic nitrogens is 2. The van der Waals surface area contributed by atoms with Crippen LogP contribution in [0.4, 0.5) is 39.8 Å². The Hall–Kier alpha value is -9.17. The number of fused-ring (bicyclic) bond motifs is 3. The van der Waals surface area contributed by atoms with Crippen molar-refractivity contribution in [1.82, 2.24) is 9.97 Å². The highest BCUT2D eigenvalue weighted by Crippen LogP contribution is 2.35. The average Bonchev–Trinajstić information content (AvgIpc) is 3.39. The second-order valence-corrected chi connectivity index (χ2v) is 16.6. The lowest BCUT2D eigenvalue weighted by atomic mass is 10.0. The Balaban J connectivity index is 0.000000143. The number of hydrogen-bond acceptors (Lipinski definition) is 10. The minimum atomic E-state index is -0.236. The van der Waals surface area contributed by atoms with E-state index in [4.69, 9.17) is 50.9 Å². The topological polar surface area (TPSA) is 226 Å². The SMILES string of the molecule is CCOc1c(Cl)cc(N)cc1Cl.Nc1ccc(NC(=O)c2ccc3ccccc3n2)cc1.Nc1ccc(NC(=O)c2cccc3ccccc23)cc1.Nc1ccc(NC(=O)c2nccc3ccccc23)cc1. The van der Waals surface area contributed by atoms with Crippen molar-refractivity contribution >= 4 is 113 Å². The predicted octanol–water partition coefficient (Wildman–Crippen LogP) is 12.8. The number of nitrogens with two attached hydrogens (primary N) is 4. The van der Waals surface area contributed by atoms with Gasteiger partial charge in [0.2, 0.25) is 0 Å². The molecule has 0 spiro atoms. The average molecular weight is 995 g/mol. The summed E-state index contributed by atoms with van der Waals surface area (Å²) in [4.78, 5) is 45.4. The van der Waals surface area contributed by atoms with Gasteiger partial charge < -0.3 is 43.6 Å². The molecule has 2 heterocycles. The first-order valence-electron chi connectivity index (χ1n) is 22.4. The number of amides is 3. The highest BCUT2D eigenvalue weighted by atomic mass is 35.5. The van der Waals surface area contributed by atoms with Crippen LogP contribution in [0.2, 0.25) is 10.0 Å². The summed E-state index contributed by atoms with van der Waals surface area (Å²) in [5.41, 5.74) is 29.3. The number of halogens is 2. The Kier molecular flexibility index (Phi) is 17.2. The second-order valence-electron chi connectivity index (χ2n) is 15.8. The van der Waals surface area contributed by atoms with Crippen LogP contribution in [0, 0.1) is 0 Å². The molecule has 0 fully saturated rings. The van der Waals surface area contributed by atoms with Gasteiger partial charge in [0.1, 0.15) is 11.4 Å². The lowest BCUT2D eigenvalue weighted by Gasteiger charge is -2.08. The number of rotatable bonds is 8. The van der Waals surface area contributed by atoms with Gasteiger partial charge in [0.05, 0.1) is 22.2 Å². The molecule has 15 heteroatoms. The number of para-hydroxylation sites is 1. The lowest BCUT2D eigenvalue weighted by molar-refractivity contribution is 0.101. The van der Waals surface area contributed by atoms with Gasteiger partial charge in [0, 0.05) is 62.3 Å². The van der Waals surface area contributed by atoms with E-state index in [1.54, 1.807) is 97.2 Å². The van der Waals surface area contributed by atoms with Crippen molar-refractivity contribution in [3.63, 3.8) is 0 Å². The monoisotopic (exact) mass is 993 g/mol. The number of pyridine rings is 2. The van der Waals surface area contributed by atoms with Crippen LogP contribution < -0.4 is 43.6 Å². The number of nitrogen functional groups attached to an aromatic ring is 4.